The number of methoxy groups -OCH3 is 1. The summed E-state index contributed by atoms with van der Waals surface area (Å²) >= 11 is 0. The first-order valence-electron chi connectivity index (χ1n) is 11.7. The summed E-state index contributed by atoms with van der Waals surface area (Å²) in [6, 6.07) is 23.2. The third-order valence-corrected chi connectivity index (χ3v) is 6.81. The second kappa shape index (κ2) is 9.58. The van der Waals surface area contributed by atoms with Crippen LogP contribution in [0.4, 0.5) is 5.82 Å². The Morgan fingerprint density at radius 1 is 1.03 bits per heavy atom. The molecule has 0 spiro atoms. The molecule has 6 nitrogen and oxygen atoms in total. The maximum absolute atomic E-state index is 13.7. The Labute approximate surface area is 204 Å². The fourth-order valence-electron chi connectivity index (χ4n) is 5.20. The van der Waals surface area contributed by atoms with Crippen molar-refractivity contribution in [1.82, 2.24) is 5.32 Å². The minimum absolute atomic E-state index is 0.0528. The number of hydrogen-bond acceptors (Lipinski definition) is 4. The van der Waals surface area contributed by atoms with Crippen LogP contribution < -0.4 is 20.4 Å². The van der Waals surface area contributed by atoms with Crippen LogP contribution in [0.5, 0.6) is 5.75 Å². The number of carbonyl (C=O) groups excluding carboxylic acids is 2. The molecule has 5 rings (SSSR count). The van der Waals surface area contributed by atoms with Crippen LogP contribution in [0.2, 0.25) is 0 Å². The third-order valence-electron chi connectivity index (χ3n) is 6.81. The summed E-state index contributed by atoms with van der Waals surface area (Å²) in [7, 11) is 1.61. The number of carbonyl (C=O) groups is 2. The largest absolute Gasteiger partial charge is 0.497 e. The summed E-state index contributed by atoms with van der Waals surface area (Å²) in [4.78, 5) is 30.3. The number of pyridine rings is 1. The number of H-pyrrole nitrogens is 1. The van der Waals surface area contributed by atoms with Gasteiger partial charge in [0.05, 0.1) is 13.3 Å². The molecule has 3 atom stereocenters. The quantitative estimate of drug-likeness (QED) is 0.585. The molecule has 0 radical (unpaired) electrons. The summed E-state index contributed by atoms with van der Waals surface area (Å²) in [6.07, 6.45) is 2.84. The first-order valence-corrected chi connectivity index (χ1v) is 11.7. The number of anilines is 1. The van der Waals surface area contributed by atoms with Crippen LogP contribution >= 0.6 is 0 Å². The predicted molar refractivity (Wildman–Crippen MR) is 134 cm³/mol. The standard InChI is InChI=1S/C29H27N3O3/c1-18-26(29(34)32-25-13-6-7-14-30-25)27(20-11-8-12-22(15-20)35-2)28-23(31-18)16-21(17-24(28)33)19-9-4-3-5-10-19/h3-15,21,26-27,31H,1,16-17H2,2H3,(H,30,32,34)/p+1. The van der Waals surface area contributed by atoms with Crippen molar-refractivity contribution in [3.05, 3.63) is 114 Å². The molecule has 2 aromatic carbocycles. The molecule has 1 aliphatic heterocycles. The fourth-order valence-corrected chi connectivity index (χ4v) is 5.20. The van der Waals surface area contributed by atoms with Gasteiger partial charge in [0.1, 0.15) is 11.7 Å². The van der Waals surface area contributed by atoms with Crippen molar-refractivity contribution in [2.75, 3.05) is 12.4 Å². The molecule has 176 valence electrons. The molecule has 0 saturated carbocycles. The summed E-state index contributed by atoms with van der Waals surface area (Å²) in [5, 5.41) is 6.31. The topological polar surface area (TPSA) is 81.6 Å². The Kier molecular flexibility index (Phi) is 6.19. The number of aromatic nitrogens is 1. The van der Waals surface area contributed by atoms with Gasteiger partial charge in [0.15, 0.2) is 5.78 Å². The van der Waals surface area contributed by atoms with E-state index in [1.807, 2.05) is 54.6 Å². The Morgan fingerprint density at radius 2 is 1.80 bits per heavy atom. The summed E-state index contributed by atoms with van der Waals surface area (Å²) < 4.78 is 5.46. The molecule has 1 aromatic heterocycles. The van der Waals surface area contributed by atoms with Gasteiger partial charge in [-0.05, 0) is 41.7 Å². The zero-order valence-corrected chi connectivity index (χ0v) is 19.6. The number of hydrogen-bond donors (Lipinski definition) is 2. The van der Waals surface area contributed by atoms with Gasteiger partial charge < -0.3 is 10.1 Å². The molecular weight excluding hydrogens is 438 g/mol. The van der Waals surface area contributed by atoms with Crippen LogP contribution in [-0.2, 0) is 9.59 Å². The van der Waals surface area contributed by atoms with E-state index in [1.165, 1.54) is 0 Å². The van der Waals surface area contributed by atoms with Gasteiger partial charge >= 0.3 is 5.91 Å². The number of amides is 1. The van der Waals surface area contributed by atoms with Crippen molar-refractivity contribution in [1.29, 1.82) is 0 Å². The minimum atomic E-state index is -0.674. The molecule has 1 aliphatic carbocycles. The highest BCUT2D eigenvalue weighted by atomic mass is 16.5. The van der Waals surface area contributed by atoms with Gasteiger partial charge in [-0.3, -0.25) is 4.79 Å². The molecule has 0 fully saturated rings. The highest BCUT2D eigenvalue weighted by Crippen LogP contribution is 2.47. The molecule has 3 N–H and O–H groups in total. The molecule has 3 aromatic rings. The van der Waals surface area contributed by atoms with E-state index in [0.717, 1.165) is 16.8 Å². The Hall–Kier alpha value is -4.19. The molecule has 1 amide bonds. The first-order chi connectivity index (χ1) is 17.0. The van der Waals surface area contributed by atoms with Crippen LogP contribution in [0, 0.1) is 5.92 Å². The summed E-state index contributed by atoms with van der Waals surface area (Å²) in [5.74, 6) is 0.00845. The lowest BCUT2D eigenvalue weighted by molar-refractivity contribution is -0.360. The predicted octanol–water partition coefficient (Wildman–Crippen LogP) is 4.37. The van der Waals surface area contributed by atoms with Gasteiger partial charge in [-0.25, -0.2) is 15.1 Å². The summed E-state index contributed by atoms with van der Waals surface area (Å²) in [5.41, 5.74) is 4.07. The zero-order chi connectivity index (χ0) is 24.4. The molecule has 3 unspecified atom stereocenters. The molecule has 2 heterocycles. The Bertz CT molecular complexity index is 1300. The number of allylic oxidation sites excluding steroid dienone is 2. The number of ether oxygens (including phenoxy) is 1. The van der Waals surface area contributed by atoms with Gasteiger partial charge in [0.2, 0.25) is 0 Å². The van der Waals surface area contributed by atoms with E-state index in [2.05, 4.69) is 34.3 Å². The summed E-state index contributed by atoms with van der Waals surface area (Å²) in [6.45, 7) is 4.23. The van der Waals surface area contributed by atoms with Gasteiger partial charge in [0.25, 0.3) is 5.82 Å². The lowest BCUT2D eigenvalue weighted by atomic mass is 9.68. The lowest BCUT2D eigenvalue weighted by Crippen LogP contribution is -2.43. The molecule has 35 heavy (non-hydrogen) atoms. The zero-order valence-electron chi connectivity index (χ0n) is 19.6. The van der Waals surface area contributed by atoms with E-state index in [1.54, 1.807) is 19.4 Å². The van der Waals surface area contributed by atoms with Crippen molar-refractivity contribution in [2.24, 2.45) is 5.92 Å². The average molecular weight is 467 g/mol. The van der Waals surface area contributed by atoms with Gasteiger partial charge in [-0.2, -0.15) is 0 Å². The first kappa shape index (κ1) is 22.6. The van der Waals surface area contributed by atoms with Crippen molar-refractivity contribution < 1.29 is 19.3 Å². The van der Waals surface area contributed by atoms with Crippen molar-refractivity contribution in [2.45, 2.75) is 24.7 Å². The van der Waals surface area contributed by atoms with Crippen LogP contribution in [0.1, 0.15) is 35.8 Å². The molecule has 6 heteroatoms. The maximum atomic E-state index is 13.7. The van der Waals surface area contributed by atoms with E-state index in [9.17, 15) is 9.59 Å². The number of nitrogens with one attached hydrogen (secondary N) is 3. The van der Waals surface area contributed by atoms with Crippen LogP contribution in [-0.4, -0.2) is 18.8 Å². The SMILES string of the molecule is C=C1NC2=C(C(=O)CC(c3ccccc3)C2)C(c2cccc(OC)c2)C1C(=O)Nc1cccc[nH+]1. The number of benzene rings is 2. The molecule has 0 saturated heterocycles. The van der Waals surface area contributed by atoms with Crippen LogP contribution in [0.15, 0.2) is 103 Å². The van der Waals surface area contributed by atoms with Crippen LogP contribution in [0.25, 0.3) is 0 Å². The highest BCUT2D eigenvalue weighted by Gasteiger charge is 2.46. The average Bonchev–Trinajstić information content (AvgIpc) is 2.88. The Balaban J connectivity index is 1.57. The smallest absolute Gasteiger partial charge is 0.317 e. The lowest BCUT2D eigenvalue weighted by Gasteiger charge is -2.39. The van der Waals surface area contributed by atoms with Gasteiger partial charge in [-0.1, -0.05) is 55.1 Å². The number of ketones is 1. The van der Waals surface area contributed by atoms with Crippen molar-refractivity contribution in [3.63, 3.8) is 0 Å². The number of Topliss-reactive ketones (excluding diaryl/α,β-unsaturated/α-hetero) is 1. The van der Waals surface area contributed by atoms with Crippen molar-refractivity contribution in [3.8, 4) is 5.75 Å². The highest BCUT2D eigenvalue weighted by molar-refractivity contribution is 6.03. The van der Waals surface area contributed by atoms with E-state index < -0.39 is 11.8 Å². The second-order valence-corrected chi connectivity index (χ2v) is 8.98. The van der Waals surface area contributed by atoms with Gasteiger partial charge in [-0.15, -0.1) is 0 Å². The molecule has 0 bridgehead atoms. The van der Waals surface area contributed by atoms with E-state index in [-0.39, 0.29) is 17.6 Å². The molecule has 2 aliphatic rings. The van der Waals surface area contributed by atoms with Gasteiger partial charge in [0, 0.05) is 35.4 Å². The third kappa shape index (κ3) is 4.47. The van der Waals surface area contributed by atoms with E-state index in [0.29, 0.717) is 35.7 Å². The fraction of sp³-hybridized carbons (Fsp3) is 0.207. The monoisotopic (exact) mass is 466 g/mol. The normalized spacial score (nSPS) is 21.7. The Morgan fingerprint density at radius 3 is 2.54 bits per heavy atom. The van der Waals surface area contributed by atoms with E-state index >= 15 is 0 Å². The van der Waals surface area contributed by atoms with Crippen LogP contribution in [0.3, 0.4) is 0 Å². The number of aromatic amines is 1. The molecular formula is C29H28N3O3+. The van der Waals surface area contributed by atoms with Crippen molar-refractivity contribution >= 4 is 17.5 Å². The maximum Gasteiger partial charge on any atom is 0.317 e. The number of rotatable bonds is 5. The second-order valence-electron chi connectivity index (χ2n) is 8.98. The minimum Gasteiger partial charge on any atom is -0.497 e. The van der Waals surface area contributed by atoms with E-state index in [4.69, 9.17) is 4.74 Å².